The molecule has 0 amide bonds. The largest absolute Gasteiger partial charge is 0.459 e. The van der Waals surface area contributed by atoms with Gasteiger partial charge in [0.2, 0.25) is 0 Å². The van der Waals surface area contributed by atoms with Gasteiger partial charge in [0, 0.05) is 0 Å². The lowest BCUT2D eigenvalue weighted by Gasteiger charge is -2.23. The van der Waals surface area contributed by atoms with Gasteiger partial charge in [0.15, 0.2) is 11.6 Å². The number of esters is 1. The van der Waals surface area contributed by atoms with Crippen molar-refractivity contribution in [2.24, 2.45) is 5.92 Å². The molecule has 0 aliphatic rings. The number of halogens is 5. The van der Waals surface area contributed by atoms with E-state index >= 15 is 0 Å². The quantitative estimate of drug-likeness (QED) is 0.260. The average molecular weight is 496 g/mol. The van der Waals surface area contributed by atoms with Crippen LogP contribution in [-0.2, 0) is 22.3 Å². The van der Waals surface area contributed by atoms with Crippen LogP contribution in [-0.4, -0.2) is 12.0 Å². The van der Waals surface area contributed by atoms with Crippen LogP contribution < -0.4 is 10.1 Å². The van der Waals surface area contributed by atoms with Gasteiger partial charge in [-0.25, -0.2) is 9.18 Å². The molecule has 0 radical (unpaired) electrons. The second kappa shape index (κ2) is 10.8. The van der Waals surface area contributed by atoms with Gasteiger partial charge in [0.1, 0.15) is 18.4 Å². The van der Waals surface area contributed by atoms with Gasteiger partial charge in [-0.05, 0) is 53.9 Å². The molecule has 0 saturated heterocycles. The predicted molar refractivity (Wildman–Crippen MR) is 121 cm³/mol. The smallest absolute Gasteiger partial charge is 0.416 e. The Balaban J connectivity index is 1.68. The van der Waals surface area contributed by atoms with Gasteiger partial charge in [0.25, 0.3) is 0 Å². The van der Waals surface area contributed by atoms with Crippen LogP contribution in [0.1, 0.15) is 25.0 Å². The lowest BCUT2D eigenvalue weighted by Crippen LogP contribution is -2.36. The molecule has 180 valence electrons. The Morgan fingerprint density at radius 1 is 1.03 bits per heavy atom. The van der Waals surface area contributed by atoms with Crippen molar-refractivity contribution >= 4 is 23.3 Å². The highest BCUT2D eigenvalue weighted by molar-refractivity contribution is 6.33. The zero-order valence-electron chi connectivity index (χ0n) is 18.3. The number of ether oxygens (including phenoxy) is 2. The predicted octanol–water partition coefficient (Wildman–Crippen LogP) is 7.47. The van der Waals surface area contributed by atoms with E-state index in [-0.39, 0.29) is 29.0 Å². The third kappa shape index (κ3) is 6.63. The molecule has 3 aromatic carbocycles. The topological polar surface area (TPSA) is 47.6 Å². The van der Waals surface area contributed by atoms with E-state index in [9.17, 15) is 22.4 Å². The number of carbonyl (C=O) groups excluding carboxylic acids is 1. The van der Waals surface area contributed by atoms with Crippen LogP contribution in [0, 0.1) is 11.7 Å². The molecule has 1 atom stereocenters. The molecular formula is C25H22ClF4NO3. The Bertz CT molecular complexity index is 1140. The second-order valence-corrected chi connectivity index (χ2v) is 8.25. The Hall–Kier alpha value is -3.26. The van der Waals surface area contributed by atoms with E-state index in [0.29, 0.717) is 11.3 Å². The molecule has 34 heavy (non-hydrogen) atoms. The van der Waals surface area contributed by atoms with Crippen molar-refractivity contribution in [1.29, 1.82) is 0 Å². The summed E-state index contributed by atoms with van der Waals surface area (Å²) in [6, 6.07) is 14.7. The average Bonchev–Trinajstić information content (AvgIpc) is 2.78. The number of rotatable bonds is 8. The first-order valence-electron chi connectivity index (χ1n) is 10.4. The van der Waals surface area contributed by atoms with E-state index < -0.39 is 29.6 Å². The Kier molecular flexibility index (Phi) is 8.04. The molecule has 3 rings (SSSR count). The maximum Gasteiger partial charge on any atom is 0.416 e. The standard InChI is InChI=1S/C25H22ClF4NO3/c1-15(2)23(31-21-11-9-17(13-19(21)26)25(28,29)30)24(32)33-14-16-8-10-20(27)22(12-16)34-18-6-4-3-5-7-18/h3-13,15,23,31H,14H2,1-2H3. The summed E-state index contributed by atoms with van der Waals surface area (Å²) in [6.07, 6.45) is -4.53. The van der Waals surface area contributed by atoms with Crippen molar-refractivity contribution in [3.63, 3.8) is 0 Å². The molecule has 0 heterocycles. The highest BCUT2D eigenvalue weighted by Crippen LogP contribution is 2.34. The first-order valence-corrected chi connectivity index (χ1v) is 10.7. The van der Waals surface area contributed by atoms with E-state index in [2.05, 4.69) is 5.32 Å². The van der Waals surface area contributed by atoms with Crippen molar-refractivity contribution in [3.8, 4) is 11.5 Å². The molecule has 1 unspecified atom stereocenters. The number of carbonyl (C=O) groups is 1. The molecule has 1 N–H and O–H groups in total. The van der Waals surface area contributed by atoms with Gasteiger partial charge in [-0.15, -0.1) is 0 Å². The number of benzene rings is 3. The zero-order valence-corrected chi connectivity index (χ0v) is 19.1. The Morgan fingerprint density at radius 2 is 1.74 bits per heavy atom. The van der Waals surface area contributed by atoms with Crippen LogP contribution >= 0.6 is 11.6 Å². The van der Waals surface area contributed by atoms with Crippen molar-refractivity contribution < 1.29 is 31.8 Å². The molecule has 4 nitrogen and oxygen atoms in total. The summed E-state index contributed by atoms with van der Waals surface area (Å²) in [5, 5.41) is 2.68. The van der Waals surface area contributed by atoms with Crippen molar-refractivity contribution in [3.05, 3.63) is 88.7 Å². The molecule has 0 fully saturated rings. The maximum absolute atomic E-state index is 14.1. The van der Waals surface area contributed by atoms with Crippen LogP contribution in [0.5, 0.6) is 11.5 Å². The summed E-state index contributed by atoms with van der Waals surface area (Å²) < 4.78 is 63.7. The lowest BCUT2D eigenvalue weighted by molar-refractivity contribution is -0.147. The second-order valence-electron chi connectivity index (χ2n) is 7.85. The van der Waals surface area contributed by atoms with E-state index in [4.69, 9.17) is 21.1 Å². The summed E-state index contributed by atoms with van der Waals surface area (Å²) in [5.41, 5.74) is -0.224. The SMILES string of the molecule is CC(C)C(Nc1ccc(C(F)(F)F)cc1Cl)C(=O)OCc1ccc(F)c(Oc2ccccc2)c1. The minimum Gasteiger partial charge on any atom is -0.459 e. The Morgan fingerprint density at radius 3 is 2.35 bits per heavy atom. The van der Waals surface area contributed by atoms with Crippen LogP contribution in [0.4, 0.5) is 23.2 Å². The molecule has 0 aromatic heterocycles. The molecular weight excluding hydrogens is 474 g/mol. The third-order valence-electron chi connectivity index (χ3n) is 4.88. The highest BCUT2D eigenvalue weighted by Gasteiger charge is 2.31. The van der Waals surface area contributed by atoms with E-state index in [0.717, 1.165) is 12.1 Å². The molecule has 0 spiro atoms. The van der Waals surface area contributed by atoms with Crippen molar-refractivity contribution in [1.82, 2.24) is 0 Å². The minimum absolute atomic E-state index is 0.0187. The van der Waals surface area contributed by atoms with Gasteiger partial charge >= 0.3 is 12.1 Å². The maximum atomic E-state index is 14.1. The first-order chi connectivity index (χ1) is 16.0. The monoisotopic (exact) mass is 495 g/mol. The fourth-order valence-corrected chi connectivity index (χ4v) is 3.28. The molecule has 0 aliphatic carbocycles. The van der Waals surface area contributed by atoms with E-state index in [1.165, 1.54) is 24.3 Å². The summed E-state index contributed by atoms with van der Waals surface area (Å²) in [7, 11) is 0. The summed E-state index contributed by atoms with van der Waals surface area (Å²) in [6.45, 7) is 3.34. The van der Waals surface area contributed by atoms with E-state index in [1.807, 2.05) is 0 Å². The fraction of sp³-hybridized carbons (Fsp3) is 0.240. The molecule has 0 saturated carbocycles. The number of para-hydroxylation sites is 1. The van der Waals surface area contributed by atoms with Gasteiger partial charge in [-0.3, -0.25) is 0 Å². The lowest BCUT2D eigenvalue weighted by atomic mass is 10.0. The van der Waals surface area contributed by atoms with Gasteiger partial charge < -0.3 is 14.8 Å². The number of anilines is 1. The fourth-order valence-electron chi connectivity index (χ4n) is 3.05. The summed E-state index contributed by atoms with van der Waals surface area (Å²) in [5.74, 6) is -1.04. The molecule has 0 aliphatic heterocycles. The number of hydrogen-bond donors (Lipinski definition) is 1. The van der Waals surface area contributed by atoms with Gasteiger partial charge in [0.05, 0.1) is 16.3 Å². The normalized spacial score (nSPS) is 12.4. The molecule has 9 heteroatoms. The van der Waals surface area contributed by atoms with Crippen LogP contribution in [0.3, 0.4) is 0 Å². The third-order valence-corrected chi connectivity index (χ3v) is 5.19. The summed E-state index contributed by atoms with van der Waals surface area (Å²) >= 11 is 6.00. The number of nitrogens with one attached hydrogen (secondary N) is 1. The zero-order chi connectivity index (χ0) is 24.9. The number of hydrogen-bond acceptors (Lipinski definition) is 4. The molecule has 3 aromatic rings. The van der Waals surface area contributed by atoms with Crippen LogP contribution in [0.2, 0.25) is 5.02 Å². The first kappa shape index (κ1) is 25.4. The highest BCUT2D eigenvalue weighted by atomic mass is 35.5. The van der Waals surface area contributed by atoms with Crippen LogP contribution in [0.25, 0.3) is 0 Å². The van der Waals surface area contributed by atoms with E-state index in [1.54, 1.807) is 44.2 Å². The number of alkyl halides is 3. The molecule has 0 bridgehead atoms. The van der Waals surface area contributed by atoms with Crippen molar-refractivity contribution in [2.75, 3.05) is 5.32 Å². The minimum atomic E-state index is -4.53. The van der Waals surface area contributed by atoms with Gasteiger partial charge in [-0.1, -0.05) is 49.7 Å². The Labute approximate surface area is 199 Å². The van der Waals surface area contributed by atoms with Crippen molar-refractivity contribution in [2.45, 2.75) is 32.7 Å². The summed E-state index contributed by atoms with van der Waals surface area (Å²) in [4.78, 5) is 12.7. The van der Waals surface area contributed by atoms with Gasteiger partial charge in [-0.2, -0.15) is 13.2 Å². The van der Waals surface area contributed by atoms with Crippen LogP contribution in [0.15, 0.2) is 66.7 Å².